The van der Waals surface area contributed by atoms with Crippen LogP contribution in [0.5, 0.6) is 0 Å². The molecule has 0 spiro atoms. The van der Waals surface area contributed by atoms with Crippen molar-refractivity contribution in [3.05, 3.63) is 0 Å². The Morgan fingerprint density at radius 1 is 0.500 bits per heavy atom. The first kappa shape index (κ1) is 28.7. The van der Waals surface area contributed by atoms with Gasteiger partial charge in [0.05, 0.1) is 0 Å². The van der Waals surface area contributed by atoms with Crippen LogP contribution in [0, 0.1) is 39.9 Å². The molecule has 0 aliphatic carbocycles. The normalized spacial score (nSPS) is 0. The summed E-state index contributed by atoms with van der Waals surface area (Å²) in [5.74, 6) is 0. The van der Waals surface area contributed by atoms with E-state index in [1.165, 1.54) is 0 Å². The maximum atomic E-state index is 0. The molecule has 0 heterocycles. The van der Waals surface area contributed by atoms with Crippen molar-refractivity contribution in [2.75, 3.05) is 0 Å². The first-order valence-electron chi connectivity index (χ1n) is 0. The standard InChI is InChI=1S/3Fe.Gd. The van der Waals surface area contributed by atoms with Gasteiger partial charge in [-0.3, -0.25) is 0 Å². The van der Waals surface area contributed by atoms with Crippen molar-refractivity contribution in [3.8, 4) is 0 Å². The summed E-state index contributed by atoms with van der Waals surface area (Å²) in [6.07, 6.45) is 0. The van der Waals surface area contributed by atoms with Crippen LogP contribution in [-0.2, 0) is 51.2 Å². The predicted octanol–water partition coefficient (Wildman–Crippen LogP) is -0.00750. The molecule has 0 bridgehead atoms. The fourth-order valence-electron chi connectivity index (χ4n) is 0. The van der Waals surface area contributed by atoms with Gasteiger partial charge in [-0.25, -0.2) is 0 Å². The Morgan fingerprint density at radius 3 is 0.500 bits per heavy atom. The van der Waals surface area contributed by atoms with Crippen LogP contribution in [0.3, 0.4) is 0 Å². The van der Waals surface area contributed by atoms with E-state index in [9.17, 15) is 0 Å². The molecule has 0 fully saturated rings. The Morgan fingerprint density at radius 2 is 0.500 bits per heavy atom. The third-order valence-corrected chi connectivity index (χ3v) is 0. The van der Waals surface area contributed by atoms with Gasteiger partial charge in [-0.05, 0) is 0 Å². The summed E-state index contributed by atoms with van der Waals surface area (Å²) < 4.78 is 0. The Hall–Kier alpha value is 2.88. The van der Waals surface area contributed by atoms with Crippen molar-refractivity contribution in [2.45, 2.75) is 0 Å². The van der Waals surface area contributed by atoms with Gasteiger partial charge in [0.1, 0.15) is 0 Å². The van der Waals surface area contributed by atoms with Crippen LogP contribution in [0.2, 0.25) is 0 Å². The van der Waals surface area contributed by atoms with Crippen LogP contribution in [0.25, 0.3) is 0 Å². The molecule has 4 heavy (non-hydrogen) atoms. The summed E-state index contributed by atoms with van der Waals surface area (Å²) in [7, 11) is 0. The molecular formula is Fe3Gd. The topological polar surface area (TPSA) is 0 Å². The Kier molecular flexibility index (Phi) is 121. The fourth-order valence-corrected chi connectivity index (χ4v) is 0. The first-order valence-corrected chi connectivity index (χ1v) is 0. The molecule has 0 unspecified atom stereocenters. The summed E-state index contributed by atoms with van der Waals surface area (Å²) in [6.45, 7) is 0. The fraction of sp³-hybridized carbons (Fsp3) is 0. The summed E-state index contributed by atoms with van der Waals surface area (Å²) in [6, 6.07) is 0. The summed E-state index contributed by atoms with van der Waals surface area (Å²) >= 11 is 0. The van der Waals surface area contributed by atoms with Crippen molar-refractivity contribution < 1.29 is 91.1 Å². The van der Waals surface area contributed by atoms with Crippen molar-refractivity contribution >= 4 is 0 Å². The maximum absolute atomic E-state index is 0. The molecule has 0 N–H and O–H groups in total. The summed E-state index contributed by atoms with van der Waals surface area (Å²) in [4.78, 5) is 0. The largest absolute Gasteiger partial charge is 0 e. The van der Waals surface area contributed by atoms with Crippen LogP contribution in [0.15, 0.2) is 0 Å². The molecule has 0 saturated heterocycles. The van der Waals surface area contributed by atoms with E-state index in [1.807, 2.05) is 0 Å². The molecule has 4 heteroatoms. The van der Waals surface area contributed by atoms with Gasteiger partial charge in [0.15, 0.2) is 0 Å². The molecule has 0 radical (unpaired) electrons. The second-order valence-electron chi connectivity index (χ2n) is 0. The zero-order valence-corrected chi connectivity index (χ0v) is 7.00. The molecule has 0 amide bonds. The quantitative estimate of drug-likeness (QED) is 0.550. The minimum absolute atomic E-state index is 0. The van der Waals surface area contributed by atoms with E-state index in [4.69, 9.17) is 0 Å². The van der Waals surface area contributed by atoms with Crippen LogP contribution >= 0.6 is 0 Å². The van der Waals surface area contributed by atoms with Gasteiger partial charge >= 0.3 is 0 Å². The minimum atomic E-state index is 0. The number of hydrogen-bond acceptors (Lipinski definition) is 0. The van der Waals surface area contributed by atoms with E-state index >= 15 is 0 Å². The van der Waals surface area contributed by atoms with Crippen LogP contribution in [0.1, 0.15) is 0 Å². The molecule has 0 nitrogen and oxygen atoms in total. The molecular weight excluding hydrogens is 325 g/mol. The monoisotopic (exact) mass is 326 g/mol. The number of hydrogen-bond donors (Lipinski definition) is 0. The Balaban J connectivity index is 0. The first-order chi connectivity index (χ1) is 0. The van der Waals surface area contributed by atoms with Gasteiger partial charge in [-0.15, -0.1) is 0 Å². The Labute approximate surface area is 89.3 Å². The SMILES string of the molecule is [Fe].[Fe].[Fe].[Gd]. The van der Waals surface area contributed by atoms with Gasteiger partial charge in [0.25, 0.3) is 0 Å². The van der Waals surface area contributed by atoms with Crippen molar-refractivity contribution in [1.82, 2.24) is 0 Å². The molecule has 0 saturated carbocycles. The minimum Gasteiger partial charge on any atom is 0 e. The van der Waals surface area contributed by atoms with E-state index in [2.05, 4.69) is 0 Å². The predicted molar refractivity (Wildman–Crippen MR) is 0 cm³/mol. The third-order valence-electron chi connectivity index (χ3n) is 0. The zero-order valence-electron chi connectivity index (χ0n) is 1.41. The maximum Gasteiger partial charge on any atom is 0 e. The molecule has 0 aromatic carbocycles. The molecule has 0 aromatic heterocycles. The van der Waals surface area contributed by atoms with E-state index < -0.39 is 0 Å². The van der Waals surface area contributed by atoms with Crippen LogP contribution in [0.4, 0.5) is 0 Å². The third kappa shape index (κ3) is 8.86. The van der Waals surface area contributed by atoms with Crippen molar-refractivity contribution in [1.29, 1.82) is 0 Å². The van der Waals surface area contributed by atoms with Crippen molar-refractivity contribution in [2.24, 2.45) is 0 Å². The molecule has 0 rings (SSSR count). The second-order valence-corrected chi connectivity index (χ2v) is 0. The molecule has 0 aromatic rings. The second kappa shape index (κ2) is 16.9. The van der Waals surface area contributed by atoms with E-state index in [1.54, 1.807) is 0 Å². The van der Waals surface area contributed by atoms with Gasteiger partial charge in [0.2, 0.25) is 0 Å². The van der Waals surface area contributed by atoms with Crippen LogP contribution < -0.4 is 0 Å². The molecule has 0 aliphatic heterocycles. The van der Waals surface area contributed by atoms with Gasteiger partial charge < -0.3 is 0 Å². The molecule has 0 aliphatic rings. The average Bonchev–Trinajstić information content (AvgIpc) is 0. The van der Waals surface area contributed by atoms with Gasteiger partial charge in [-0.1, -0.05) is 0 Å². The van der Waals surface area contributed by atoms with E-state index in [0.717, 1.165) is 0 Å². The van der Waals surface area contributed by atoms with Crippen molar-refractivity contribution in [3.63, 3.8) is 0 Å². The van der Waals surface area contributed by atoms with Crippen LogP contribution in [-0.4, -0.2) is 0 Å². The summed E-state index contributed by atoms with van der Waals surface area (Å²) in [5.41, 5.74) is 0. The smallest absolute Gasteiger partial charge is 0 e. The molecule has 0 atom stereocenters. The van der Waals surface area contributed by atoms with E-state index in [-0.39, 0.29) is 91.1 Å². The van der Waals surface area contributed by atoms with Gasteiger partial charge in [-0.2, -0.15) is 0 Å². The van der Waals surface area contributed by atoms with Gasteiger partial charge in [0, 0.05) is 91.1 Å². The Bertz CT molecular complexity index is 3.25. The average molecular weight is 325 g/mol. The number of rotatable bonds is 0. The van der Waals surface area contributed by atoms with E-state index in [0.29, 0.717) is 0 Å². The zero-order chi connectivity index (χ0) is 0. The summed E-state index contributed by atoms with van der Waals surface area (Å²) in [5, 5.41) is 0. The molecule has 32 valence electrons.